The van der Waals surface area contributed by atoms with Gasteiger partial charge >= 0.3 is 0 Å². The third kappa shape index (κ3) is 2.57. The van der Waals surface area contributed by atoms with Crippen molar-refractivity contribution < 1.29 is 24.8 Å². The molecule has 166 valence electrons. The third-order valence-electron chi connectivity index (χ3n) is 9.68. The number of ether oxygens (including phenoxy) is 2. The van der Waals surface area contributed by atoms with Crippen LogP contribution in [0.1, 0.15) is 65.2 Å². The normalized spacial score (nSPS) is 48.4. The molecule has 0 radical (unpaired) electrons. The Balaban J connectivity index is 1.48. The first kappa shape index (κ1) is 20.8. The van der Waals surface area contributed by atoms with Gasteiger partial charge in [0.05, 0.1) is 31.5 Å². The molecule has 3 saturated carbocycles. The lowest BCUT2D eigenvalue weighted by atomic mass is 9.45. The van der Waals surface area contributed by atoms with Gasteiger partial charge in [0.15, 0.2) is 5.60 Å². The van der Waals surface area contributed by atoms with Crippen molar-refractivity contribution in [3.8, 4) is 12.0 Å². The van der Waals surface area contributed by atoms with Crippen LogP contribution in [0.5, 0.6) is 0 Å². The van der Waals surface area contributed by atoms with Crippen molar-refractivity contribution >= 4 is 0 Å². The minimum Gasteiger partial charge on any atom is -0.447 e. The van der Waals surface area contributed by atoms with Gasteiger partial charge in [-0.3, -0.25) is 0 Å². The molecule has 0 aromatic carbocycles. The minimum atomic E-state index is -1.48. The Kier molecular flexibility index (Phi) is 4.84. The molecule has 4 fully saturated rings. The summed E-state index contributed by atoms with van der Waals surface area (Å²) in [5.41, 5.74) is -0.387. The van der Waals surface area contributed by atoms with Gasteiger partial charge in [-0.05, 0) is 87.0 Å². The number of rotatable bonds is 3. The fraction of sp³-hybridized carbons (Fsp3) is 0.840. The van der Waals surface area contributed by atoms with Gasteiger partial charge in [-0.2, -0.15) is 0 Å². The van der Waals surface area contributed by atoms with Crippen LogP contribution in [0.3, 0.4) is 0 Å². The summed E-state index contributed by atoms with van der Waals surface area (Å²) < 4.78 is 11.9. The molecular weight excluding hydrogens is 380 g/mol. The highest BCUT2D eigenvalue weighted by atomic mass is 16.5. The number of fused-ring (bicyclic) bond motifs is 1. The molecular formula is C25H36O5. The SMILES string of the molecule is CCOC#CC(O)(CO)[C@H]1CC=C2[C@]1(C)CC[C@@H]1[C@@]34CC[C@H](O)C[C@@H]3CC[C@@]21OC4. The molecule has 5 nitrogen and oxygen atoms in total. The van der Waals surface area contributed by atoms with E-state index in [0.29, 0.717) is 24.9 Å². The fourth-order valence-corrected chi connectivity index (χ4v) is 8.34. The molecule has 5 aliphatic rings. The van der Waals surface area contributed by atoms with Gasteiger partial charge in [-0.1, -0.05) is 13.0 Å². The summed E-state index contributed by atoms with van der Waals surface area (Å²) in [6.07, 6.45) is 12.5. The maximum absolute atomic E-state index is 11.3. The molecule has 5 heteroatoms. The average Bonchev–Trinajstić information content (AvgIpc) is 3.21. The number of aliphatic hydroxyl groups excluding tert-OH is 2. The summed E-state index contributed by atoms with van der Waals surface area (Å²) >= 11 is 0. The van der Waals surface area contributed by atoms with Crippen molar-refractivity contribution in [1.82, 2.24) is 0 Å². The van der Waals surface area contributed by atoms with Gasteiger partial charge in [-0.25, -0.2) is 0 Å². The highest BCUT2D eigenvalue weighted by Crippen LogP contribution is 2.72. The molecule has 1 aliphatic heterocycles. The average molecular weight is 417 g/mol. The smallest absolute Gasteiger partial charge is 0.155 e. The zero-order valence-corrected chi connectivity index (χ0v) is 18.3. The predicted octanol–water partition coefficient (Wildman–Crippen LogP) is 2.78. The van der Waals surface area contributed by atoms with Crippen molar-refractivity contribution in [3.05, 3.63) is 11.6 Å². The summed E-state index contributed by atoms with van der Waals surface area (Å²) in [5.74, 6) is 3.74. The highest BCUT2D eigenvalue weighted by Gasteiger charge is 2.71. The van der Waals surface area contributed by atoms with Crippen LogP contribution >= 0.6 is 0 Å². The lowest BCUT2D eigenvalue weighted by molar-refractivity contribution is -0.106. The van der Waals surface area contributed by atoms with E-state index >= 15 is 0 Å². The Hall–Kier alpha value is -1.06. The van der Waals surface area contributed by atoms with Crippen LogP contribution in [0.4, 0.5) is 0 Å². The maximum atomic E-state index is 11.3. The van der Waals surface area contributed by atoms with Gasteiger partial charge in [0.1, 0.15) is 6.11 Å². The molecule has 0 aromatic rings. The molecule has 1 saturated heterocycles. The van der Waals surface area contributed by atoms with Crippen molar-refractivity contribution in [3.63, 3.8) is 0 Å². The molecule has 2 bridgehead atoms. The van der Waals surface area contributed by atoms with E-state index in [2.05, 4.69) is 25.0 Å². The van der Waals surface area contributed by atoms with Crippen molar-refractivity contribution in [2.45, 2.75) is 82.5 Å². The fourth-order valence-electron chi connectivity index (χ4n) is 8.34. The van der Waals surface area contributed by atoms with Gasteiger partial charge in [0.25, 0.3) is 0 Å². The number of allylic oxidation sites excluding steroid dienone is 1. The first-order chi connectivity index (χ1) is 14.3. The number of hydrogen-bond acceptors (Lipinski definition) is 5. The summed E-state index contributed by atoms with van der Waals surface area (Å²) in [7, 11) is 0. The largest absolute Gasteiger partial charge is 0.447 e. The van der Waals surface area contributed by atoms with Crippen LogP contribution in [0.25, 0.3) is 0 Å². The van der Waals surface area contributed by atoms with Crippen LogP contribution in [-0.2, 0) is 9.47 Å². The molecule has 8 atom stereocenters. The van der Waals surface area contributed by atoms with Gasteiger partial charge in [0, 0.05) is 11.3 Å². The standard InChI is InChI=1S/C25H36O5/c1-3-29-13-12-24(28,15-26)19-4-5-20-22(19,2)9-8-21-23-10-7-18(27)14-17(23)6-11-25(20,21)30-16-23/h5,17-19,21,26-28H,3-4,6-11,14-16H2,1-2H3/t17-,18-,19-,21+,22+,23+,24?,25+/m0/s1. The van der Waals surface area contributed by atoms with Crippen molar-refractivity contribution in [2.24, 2.45) is 28.6 Å². The quantitative estimate of drug-likeness (QED) is 0.487. The van der Waals surface area contributed by atoms with E-state index in [9.17, 15) is 15.3 Å². The predicted molar refractivity (Wildman–Crippen MR) is 112 cm³/mol. The second kappa shape index (κ2) is 6.97. The van der Waals surface area contributed by atoms with Crippen LogP contribution in [0, 0.1) is 40.6 Å². The second-order valence-electron chi connectivity index (χ2n) is 10.7. The first-order valence-corrected chi connectivity index (χ1v) is 11.8. The summed E-state index contributed by atoms with van der Waals surface area (Å²) in [6, 6.07) is 0. The van der Waals surface area contributed by atoms with E-state index in [1.807, 2.05) is 6.92 Å². The Morgan fingerprint density at radius 3 is 2.87 bits per heavy atom. The Labute approximate surface area is 179 Å². The Bertz CT molecular complexity index is 797. The van der Waals surface area contributed by atoms with Crippen LogP contribution < -0.4 is 0 Å². The first-order valence-electron chi connectivity index (χ1n) is 11.8. The zero-order valence-electron chi connectivity index (χ0n) is 18.3. The van der Waals surface area contributed by atoms with E-state index in [-0.39, 0.29) is 28.5 Å². The topological polar surface area (TPSA) is 79.2 Å². The van der Waals surface area contributed by atoms with Gasteiger partial charge < -0.3 is 24.8 Å². The van der Waals surface area contributed by atoms with Crippen molar-refractivity contribution in [2.75, 3.05) is 19.8 Å². The molecule has 5 rings (SSSR count). The molecule has 1 unspecified atom stereocenters. The van der Waals surface area contributed by atoms with E-state index in [0.717, 1.165) is 51.6 Å². The van der Waals surface area contributed by atoms with Crippen LogP contribution in [0.2, 0.25) is 0 Å². The second-order valence-corrected chi connectivity index (χ2v) is 10.7. The van der Waals surface area contributed by atoms with Gasteiger partial charge in [-0.15, -0.1) is 0 Å². The van der Waals surface area contributed by atoms with E-state index in [1.165, 1.54) is 5.57 Å². The molecule has 4 aliphatic carbocycles. The highest BCUT2D eigenvalue weighted by molar-refractivity contribution is 5.41. The molecule has 1 heterocycles. The molecule has 1 spiro atoms. The molecule has 0 amide bonds. The molecule has 0 aromatic heterocycles. The summed E-state index contributed by atoms with van der Waals surface area (Å²) in [6.45, 7) is 4.97. The third-order valence-corrected chi connectivity index (χ3v) is 9.68. The molecule has 3 N–H and O–H groups in total. The Morgan fingerprint density at radius 2 is 2.10 bits per heavy atom. The summed E-state index contributed by atoms with van der Waals surface area (Å²) in [5, 5.41) is 31.7. The van der Waals surface area contributed by atoms with Gasteiger partial charge in [0.2, 0.25) is 0 Å². The summed E-state index contributed by atoms with van der Waals surface area (Å²) in [4.78, 5) is 0. The zero-order chi connectivity index (χ0) is 21.2. The van der Waals surface area contributed by atoms with E-state index < -0.39 is 12.2 Å². The van der Waals surface area contributed by atoms with Crippen LogP contribution in [-0.4, -0.2) is 52.4 Å². The minimum absolute atomic E-state index is 0.152. The number of aliphatic hydroxyl groups is 3. The Morgan fingerprint density at radius 1 is 1.27 bits per heavy atom. The van der Waals surface area contributed by atoms with Crippen LogP contribution in [0.15, 0.2) is 11.6 Å². The molecule has 30 heavy (non-hydrogen) atoms. The van der Waals surface area contributed by atoms with E-state index in [4.69, 9.17) is 9.47 Å². The van der Waals surface area contributed by atoms with E-state index in [1.54, 1.807) is 0 Å². The lowest BCUT2D eigenvalue weighted by Gasteiger charge is -2.59. The monoisotopic (exact) mass is 416 g/mol. The maximum Gasteiger partial charge on any atom is 0.155 e. The van der Waals surface area contributed by atoms with Crippen molar-refractivity contribution in [1.29, 1.82) is 0 Å². The lowest BCUT2D eigenvalue weighted by Crippen LogP contribution is -2.59. The number of hydrogen-bond donors (Lipinski definition) is 3.